The predicted molar refractivity (Wildman–Crippen MR) is 87.9 cm³/mol. The molecule has 2 atom stereocenters. The van der Waals surface area contributed by atoms with Crippen LogP contribution in [-0.4, -0.2) is 49.8 Å². The maximum absolute atomic E-state index is 11.9. The first-order chi connectivity index (χ1) is 10.3. The van der Waals surface area contributed by atoms with Gasteiger partial charge in [0.15, 0.2) is 0 Å². The summed E-state index contributed by atoms with van der Waals surface area (Å²) in [5, 5.41) is 12.7. The lowest BCUT2D eigenvalue weighted by molar-refractivity contribution is -0.123. The van der Waals surface area contributed by atoms with Gasteiger partial charge in [-0.2, -0.15) is 0 Å². The molecule has 1 amide bonds. The quantitative estimate of drug-likeness (QED) is 0.769. The first-order valence-corrected chi connectivity index (χ1v) is 7.60. The van der Waals surface area contributed by atoms with E-state index in [1.807, 2.05) is 57.1 Å². The van der Waals surface area contributed by atoms with E-state index < -0.39 is 6.10 Å². The second-order valence-corrected chi connectivity index (χ2v) is 6.08. The van der Waals surface area contributed by atoms with Crippen LogP contribution in [0.25, 0.3) is 0 Å². The van der Waals surface area contributed by atoms with Gasteiger partial charge in [-0.1, -0.05) is 26.0 Å². The molecule has 22 heavy (non-hydrogen) atoms. The third kappa shape index (κ3) is 5.66. The third-order valence-corrected chi connectivity index (χ3v) is 3.76. The molecule has 0 saturated heterocycles. The summed E-state index contributed by atoms with van der Waals surface area (Å²) in [4.78, 5) is 14.0. The molecule has 1 aromatic rings. The Balaban J connectivity index is 2.67. The van der Waals surface area contributed by atoms with Crippen LogP contribution < -0.4 is 10.1 Å². The number of carbonyl (C=O) groups is 1. The maximum Gasteiger partial charge on any atom is 0.222 e. The van der Waals surface area contributed by atoms with Gasteiger partial charge >= 0.3 is 0 Å². The number of nitrogens with one attached hydrogen (secondary N) is 1. The highest BCUT2D eigenvalue weighted by Gasteiger charge is 2.18. The van der Waals surface area contributed by atoms with Gasteiger partial charge in [0.1, 0.15) is 5.75 Å². The largest absolute Gasteiger partial charge is 0.497 e. The molecule has 0 fully saturated rings. The molecule has 0 aromatic heterocycles. The zero-order chi connectivity index (χ0) is 16.7. The molecule has 0 spiro atoms. The summed E-state index contributed by atoms with van der Waals surface area (Å²) in [6.45, 7) is 4.29. The second-order valence-electron chi connectivity index (χ2n) is 6.08. The van der Waals surface area contributed by atoms with Crippen LogP contribution in [0.15, 0.2) is 24.3 Å². The maximum atomic E-state index is 11.9. The first kappa shape index (κ1) is 18.5. The Labute approximate surface area is 133 Å². The zero-order valence-electron chi connectivity index (χ0n) is 14.2. The van der Waals surface area contributed by atoms with E-state index in [-0.39, 0.29) is 24.3 Å². The molecule has 0 heterocycles. The number of hydrogen-bond acceptors (Lipinski definition) is 4. The summed E-state index contributed by atoms with van der Waals surface area (Å²) in [5.74, 6) is 0.746. The highest BCUT2D eigenvalue weighted by atomic mass is 16.5. The van der Waals surface area contributed by atoms with Gasteiger partial charge < -0.3 is 20.1 Å². The number of nitrogens with zero attached hydrogens (tertiary/aromatic N) is 1. The third-order valence-electron chi connectivity index (χ3n) is 3.76. The molecule has 0 radical (unpaired) electrons. The van der Waals surface area contributed by atoms with Gasteiger partial charge in [-0.15, -0.1) is 0 Å². The van der Waals surface area contributed by atoms with Crippen LogP contribution >= 0.6 is 0 Å². The van der Waals surface area contributed by atoms with Crippen molar-refractivity contribution in [3.8, 4) is 5.75 Å². The van der Waals surface area contributed by atoms with Gasteiger partial charge in [0, 0.05) is 6.54 Å². The van der Waals surface area contributed by atoms with Crippen LogP contribution in [0.4, 0.5) is 0 Å². The summed E-state index contributed by atoms with van der Waals surface area (Å²) in [6.07, 6.45) is -0.467. The van der Waals surface area contributed by atoms with Crippen molar-refractivity contribution in [2.75, 3.05) is 27.7 Å². The van der Waals surface area contributed by atoms with Crippen molar-refractivity contribution < 1.29 is 14.6 Å². The van der Waals surface area contributed by atoms with E-state index in [9.17, 15) is 9.90 Å². The monoisotopic (exact) mass is 308 g/mol. The topological polar surface area (TPSA) is 61.8 Å². The molecule has 2 N–H and O–H groups in total. The molecule has 5 heteroatoms. The average Bonchev–Trinajstić information content (AvgIpc) is 2.47. The number of methoxy groups -OCH3 is 1. The lowest BCUT2D eigenvalue weighted by atomic mass is 10.0. The molecule has 124 valence electrons. The van der Waals surface area contributed by atoms with Crippen LogP contribution in [0.5, 0.6) is 5.75 Å². The van der Waals surface area contributed by atoms with Crippen molar-refractivity contribution in [2.45, 2.75) is 32.4 Å². The second kappa shape index (κ2) is 8.76. The molecule has 5 nitrogen and oxygen atoms in total. The molecule has 2 unspecified atom stereocenters. The average molecular weight is 308 g/mol. The Kier molecular flexibility index (Phi) is 7.35. The van der Waals surface area contributed by atoms with Crippen LogP contribution in [0, 0.1) is 5.92 Å². The van der Waals surface area contributed by atoms with E-state index >= 15 is 0 Å². The van der Waals surface area contributed by atoms with Crippen molar-refractivity contribution in [3.63, 3.8) is 0 Å². The van der Waals surface area contributed by atoms with Crippen LogP contribution in [-0.2, 0) is 4.79 Å². The Morgan fingerprint density at radius 2 is 2.05 bits per heavy atom. The van der Waals surface area contributed by atoms with Gasteiger partial charge in [0.05, 0.1) is 25.7 Å². The lowest BCUT2D eigenvalue weighted by Crippen LogP contribution is -2.36. The van der Waals surface area contributed by atoms with Crippen molar-refractivity contribution in [2.24, 2.45) is 5.92 Å². The fourth-order valence-corrected chi connectivity index (χ4v) is 2.16. The van der Waals surface area contributed by atoms with Gasteiger partial charge in [-0.3, -0.25) is 4.79 Å². The number of ether oxygens (including phenoxy) is 1. The zero-order valence-corrected chi connectivity index (χ0v) is 14.2. The highest BCUT2D eigenvalue weighted by Crippen LogP contribution is 2.22. The lowest BCUT2D eigenvalue weighted by Gasteiger charge is -2.26. The molecule has 1 aromatic carbocycles. The molecular weight excluding hydrogens is 280 g/mol. The van der Waals surface area contributed by atoms with Crippen molar-refractivity contribution >= 4 is 5.91 Å². The van der Waals surface area contributed by atoms with E-state index in [0.717, 1.165) is 11.3 Å². The van der Waals surface area contributed by atoms with E-state index in [1.165, 1.54) is 0 Å². The van der Waals surface area contributed by atoms with E-state index in [0.29, 0.717) is 6.54 Å². The molecule has 0 aliphatic rings. The number of rotatable bonds is 8. The minimum absolute atomic E-state index is 0.0512. The number of aliphatic hydroxyl groups excluding tert-OH is 1. The van der Waals surface area contributed by atoms with Gasteiger partial charge in [-0.05, 0) is 37.7 Å². The Hall–Kier alpha value is -1.59. The van der Waals surface area contributed by atoms with Gasteiger partial charge in [0.25, 0.3) is 0 Å². The van der Waals surface area contributed by atoms with Crippen molar-refractivity contribution in [3.05, 3.63) is 29.8 Å². The van der Waals surface area contributed by atoms with Crippen LogP contribution in [0.2, 0.25) is 0 Å². The molecule has 0 aliphatic heterocycles. The number of amides is 1. The summed E-state index contributed by atoms with van der Waals surface area (Å²) in [6, 6.07) is 7.88. The Morgan fingerprint density at radius 1 is 1.36 bits per heavy atom. The number of hydrogen-bond donors (Lipinski definition) is 2. The predicted octanol–water partition coefficient (Wildman–Crippen LogP) is 1.82. The van der Waals surface area contributed by atoms with Crippen LogP contribution in [0.1, 0.15) is 31.9 Å². The number of aliphatic hydroxyl groups is 1. The molecular formula is C17H28N2O3. The number of benzene rings is 1. The summed E-state index contributed by atoms with van der Waals surface area (Å²) >= 11 is 0. The minimum Gasteiger partial charge on any atom is -0.497 e. The Bertz CT molecular complexity index is 475. The SMILES string of the molecule is COc1cccc(C(CNC(=O)CC(O)C(C)C)N(C)C)c1. The van der Waals surface area contributed by atoms with Crippen LogP contribution in [0.3, 0.4) is 0 Å². The number of carbonyl (C=O) groups excluding carboxylic acids is 1. The number of likely N-dealkylation sites (N-methyl/N-ethyl adjacent to an activating group) is 1. The highest BCUT2D eigenvalue weighted by molar-refractivity contribution is 5.76. The normalized spacial score (nSPS) is 14.0. The van der Waals surface area contributed by atoms with E-state index in [2.05, 4.69) is 5.32 Å². The molecule has 0 saturated carbocycles. The Morgan fingerprint density at radius 3 is 2.59 bits per heavy atom. The standard InChI is InChI=1S/C17H28N2O3/c1-12(2)16(20)10-17(21)18-11-15(19(3)4)13-7-6-8-14(9-13)22-5/h6-9,12,15-16,20H,10-11H2,1-5H3,(H,18,21). The summed E-state index contributed by atoms with van der Waals surface area (Å²) in [5.41, 5.74) is 1.08. The minimum atomic E-state index is -0.602. The molecule has 0 aliphatic carbocycles. The fraction of sp³-hybridized carbons (Fsp3) is 0.588. The van der Waals surface area contributed by atoms with Crippen molar-refractivity contribution in [1.29, 1.82) is 0 Å². The van der Waals surface area contributed by atoms with E-state index in [1.54, 1.807) is 7.11 Å². The van der Waals surface area contributed by atoms with E-state index in [4.69, 9.17) is 4.74 Å². The fourth-order valence-electron chi connectivity index (χ4n) is 2.16. The molecule has 1 rings (SSSR count). The summed E-state index contributed by atoms with van der Waals surface area (Å²) < 4.78 is 5.25. The first-order valence-electron chi connectivity index (χ1n) is 7.60. The summed E-state index contributed by atoms with van der Waals surface area (Å²) in [7, 11) is 5.58. The molecule has 0 bridgehead atoms. The smallest absolute Gasteiger partial charge is 0.222 e. The van der Waals surface area contributed by atoms with Gasteiger partial charge in [-0.25, -0.2) is 0 Å². The van der Waals surface area contributed by atoms with Gasteiger partial charge in [0.2, 0.25) is 5.91 Å². The van der Waals surface area contributed by atoms with Crippen molar-refractivity contribution in [1.82, 2.24) is 10.2 Å².